The van der Waals surface area contributed by atoms with Gasteiger partial charge in [-0.3, -0.25) is 0 Å². The van der Waals surface area contributed by atoms with Gasteiger partial charge in [0.25, 0.3) is 0 Å². The van der Waals surface area contributed by atoms with Gasteiger partial charge >= 0.3 is 0 Å². The summed E-state index contributed by atoms with van der Waals surface area (Å²) in [4.78, 5) is 9.46. The van der Waals surface area contributed by atoms with E-state index in [1.165, 1.54) is 11.1 Å². The highest BCUT2D eigenvalue weighted by Crippen LogP contribution is 2.29. The minimum absolute atomic E-state index is 0.157. The van der Waals surface area contributed by atoms with Gasteiger partial charge < -0.3 is 5.32 Å². The van der Waals surface area contributed by atoms with Gasteiger partial charge in [-0.1, -0.05) is 31.2 Å². The van der Waals surface area contributed by atoms with Gasteiger partial charge in [0, 0.05) is 6.04 Å². The molecule has 5 heteroatoms. The molecule has 2 aromatic heterocycles. The number of nitrogens with one attached hydrogen (secondary N) is 1. The number of aromatic nitrogens is 2. The molecule has 108 valence electrons. The Morgan fingerprint density at radius 3 is 2.67 bits per heavy atom. The van der Waals surface area contributed by atoms with Crippen molar-refractivity contribution >= 4 is 39.0 Å². The topological polar surface area (TPSA) is 37.8 Å². The number of hydrogen-bond donors (Lipinski definition) is 1. The lowest BCUT2D eigenvalue weighted by molar-refractivity contribution is 0.874. The number of hydrogen-bond acceptors (Lipinski definition) is 4. The average Bonchev–Trinajstić information content (AvgIpc) is 2.95. The highest BCUT2D eigenvalue weighted by molar-refractivity contribution is 7.16. The van der Waals surface area contributed by atoms with Gasteiger partial charge in [-0.2, -0.15) is 0 Å². The summed E-state index contributed by atoms with van der Waals surface area (Å²) < 4.78 is 0. The van der Waals surface area contributed by atoms with Crippen LogP contribution in [0.25, 0.3) is 10.2 Å². The first-order chi connectivity index (χ1) is 10.2. The first-order valence-corrected chi connectivity index (χ1v) is 8.19. The highest BCUT2D eigenvalue weighted by Gasteiger charge is 2.11. The molecular formula is C16H16ClN3S. The predicted molar refractivity (Wildman–Crippen MR) is 90.3 cm³/mol. The Morgan fingerprint density at radius 2 is 1.95 bits per heavy atom. The van der Waals surface area contributed by atoms with Crippen LogP contribution in [0.15, 0.2) is 35.7 Å². The predicted octanol–water partition coefficient (Wildman–Crippen LogP) is 5.08. The van der Waals surface area contributed by atoms with E-state index in [-0.39, 0.29) is 11.3 Å². The fraction of sp³-hybridized carbons (Fsp3) is 0.250. The van der Waals surface area contributed by atoms with Gasteiger partial charge in [0.1, 0.15) is 10.6 Å². The molecule has 0 bridgehead atoms. The molecule has 21 heavy (non-hydrogen) atoms. The molecule has 3 aromatic rings. The van der Waals surface area contributed by atoms with Crippen LogP contribution in [0.5, 0.6) is 0 Å². The summed E-state index contributed by atoms with van der Waals surface area (Å²) in [6.07, 6.45) is 1.05. The Bertz CT molecular complexity index is 752. The molecule has 1 aromatic carbocycles. The molecule has 0 saturated heterocycles. The van der Waals surface area contributed by atoms with Gasteiger partial charge in [-0.05, 0) is 47.5 Å². The Balaban J connectivity index is 1.88. The quantitative estimate of drug-likeness (QED) is 0.682. The summed E-state index contributed by atoms with van der Waals surface area (Å²) >= 11 is 7.56. The van der Waals surface area contributed by atoms with Crippen molar-refractivity contribution in [3.8, 4) is 0 Å². The summed E-state index contributed by atoms with van der Waals surface area (Å²) in [6.45, 7) is 4.28. The van der Waals surface area contributed by atoms with Crippen LogP contribution < -0.4 is 5.32 Å². The molecule has 1 atom stereocenters. The Hall–Kier alpha value is -1.65. The molecular weight excluding hydrogens is 302 g/mol. The number of thiophene rings is 1. The van der Waals surface area contributed by atoms with E-state index in [1.54, 1.807) is 11.3 Å². The molecule has 0 radical (unpaired) electrons. The molecule has 2 heterocycles. The fourth-order valence-electron chi connectivity index (χ4n) is 2.27. The van der Waals surface area contributed by atoms with Crippen molar-refractivity contribution in [3.05, 3.63) is 52.1 Å². The lowest BCUT2D eigenvalue weighted by Gasteiger charge is -2.16. The zero-order valence-electron chi connectivity index (χ0n) is 11.9. The number of nitrogens with zero attached hydrogens (tertiary/aromatic N) is 2. The molecule has 0 aliphatic rings. The summed E-state index contributed by atoms with van der Waals surface area (Å²) in [6, 6.07) is 10.8. The minimum atomic E-state index is 0.157. The maximum absolute atomic E-state index is 5.99. The number of aryl methyl sites for hydroxylation is 1. The molecule has 0 aliphatic heterocycles. The summed E-state index contributed by atoms with van der Waals surface area (Å²) in [5.41, 5.74) is 2.57. The van der Waals surface area contributed by atoms with E-state index in [1.807, 2.05) is 11.4 Å². The maximum Gasteiger partial charge on any atom is 0.225 e. The van der Waals surface area contributed by atoms with Crippen molar-refractivity contribution in [1.29, 1.82) is 0 Å². The number of halogens is 1. The smallest absolute Gasteiger partial charge is 0.225 e. The number of fused-ring (bicyclic) bond motifs is 1. The molecule has 0 aliphatic carbocycles. The highest BCUT2D eigenvalue weighted by atomic mass is 35.5. The lowest BCUT2D eigenvalue weighted by atomic mass is 10.0. The normalized spacial score (nSPS) is 12.5. The fourth-order valence-corrected chi connectivity index (χ4v) is 3.25. The van der Waals surface area contributed by atoms with Gasteiger partial charge in [0.05, 0.1) is 5.39 Å². The number of benzene rings is 1. The van der Waals surface area contributed by atoms with Crippen LogP contribution in [0.4, 0.5) is 5.82 Å². The van der Waals surface area contributed by atoms with Crippen LogP contribution >= 0.6 is 22.9 Å². The lowest BCUT2D eigenvalue weighted by Crippen LogP contribution is -2.08. The molecule has 0 saturated carbocycles. The van der Waals surface area contributed by atoms with E-state index < -0.39 is 0 Å². The van der Waals surface area contributed by atoms with Gasteiger partial charge in [0.2, 0.25) is 5.28 Å². The summed E-state index contributed by atoms with van der Waals surface area (Å²) in [7, 11) is 0. The summed E-state index contributed by atoms with van der Waals surface area (Å²) in [5.74, 6) is 0.790. The maximum atomic E-state index is 5.99. The second-order valence-electron chi connectivity index (χ2n) is 4.94. The van der Waals surface area contributed by atoms with E-state index in [0.717, 1.165) is 22.5 Å². The zero-order chi connectivity index (χ0) is 14.8. The van der Waals surface area contributed by atoms with Crippen molar-refractivity contribution in [1.82, 2.24) is 9.97 Å². The Labute approximate surface area is 133 Å². The number of rotatable bonds is 4. The van der Waals surface area contributed by atoms with E-state index in [0.29, 0.717) is 0 Å². The second kappa shape index (κ2) is 6.00. The first kappa shape index (κ1) is 14.3. The SMILES string of the molecule is CCc1ccc(C(C)Nc2nc(Cl)nc3sccc23)cc1. The second-order valence-corrected chi connectivity index (χ2v) is 6.17. The van der Waals surface area contributed by atoms with E-state index >= 15 is 0 Å². The monoisotopic (exact) mass is 317 g/mol. The van der Waals surface area contributed by atoms with Crippen LogP contribution in [0.2, 0.25) is 5.28 Å². The van der Waals surface area contributed by atoms with Crippen LogP contribution in [0.1, 0.15) is 31.0 Å². The molecule has 0 spiro atoms. The van der Waals surface area contributed by atoms with Crippen molar-refractivity contribution in [2.24, 2.45) is 0 Å². The molecule has 3 rings (SSSR count). The van der Waals surface area contributed by atoms with Gasteiger partial charge in [-0.25, -0.2) is 9.97 Å². The Kier molecular flexibility index (Phi) is 4.08. The third kappa shape index (κ3) is 3.01. The van der Waals surface area contributed by atoms with Crippen LogP contribution in [-0.4, -0.2) is 9.97 Å². The largest absolute Gasteiger partial charge is 0.363 e. The molecule has 0 fully saturated rings. The zero-order valence-corrected chi connectivity index (χ0v) is 13.5. The standard InChI is InChI=1S/C16H16ClN3S/c1-3-11-4-6-12(7-5-11)10(2)18-14-13-8-9-21-15(13)20-16(17)19-14/h4-10H,3H2,1-2H3,(H,18,19,20). The first-order valence-electron chi connectivity index (χ1n) is 6.93. The van der Waals surface area contributed by atoms with Crippen LogP contribution in [0.3, 0.4) is 0 Å². The summed E-state index contributed by atoms with van der Waals surface area (Å²) in [5, 5.41) is 6.73. The van der Waals surface area contributed by atoms with Crippen LogP contribution in [0, 0.1) is 0 Å². The van der Waals surface area contributed by atoms with Crippen molar-refractivity contribution < 1.29 is 0 Å². The van der Waals surface area contributed by atoms with Gasteiger partial charge in [0.15, 0.2) is 0 Å². The van der Waals surface area contributed by atoms with Crippen molar-refractivity contribution in [3.63, 3.8) is 0 Å². The van der Waals surface area contributed by atoms with E-state index in [9.17, 15) is 0 Å². The molecule has 0 amide bonds. The van der Waals surface area contributed by atoms with E-state index in [4.69, 9.17) is 11.6 Å². The average molecular weight is 318 g/mol. The van der Waals surface area contributed by atoms with Crippen LogP contribution in [-0.2, 0) is 6.42 Å². The minimum Gasteiger partial charge on any atom is -0.363 e. The number of anilines is 1. The molecule has 1 unspecified atom stereocenters. The van der Waals surface area contributed by atoms with Crippen molar-refractivity contribution in [2.75, 3.05) is 5.32 Å². The molecule has 3 nitrogen and oxygen atoms in total. The van der Waals surface area contributed by atoms with Gasteiger partial charge in [-0.15, -0.1) is 11.3 Å². The molecule has 1 N–H and O–H groups in total. The third-order valence-electron chi connectivity index (χ3n) is 3.54. The Morgan fingerprint density at radius 1 is 1.19 bits per heavy atom. The van der Waals surface area contributed by atoms with E-state index in [2.05, 4.69) is 53.4 Å². The third-order valence-corrected chi connectivity index (χ3v) is 4.51. The van der Waals surface area contributed by atoms with Crippen molar-refractivity contribution in [2.45, 2.75) is 26.3 Å².